The van der Waals surface area contributed by atoms with Crippen molar-refractivity contribution in [3.63, 3.8) is 0 Å². The van der Waals surface area contributed by atoms with Gasteiger partial charge in [0.25, 0.3) is 17.7 Å². The number of nitrogens with one attached hydrogen (secondary N) is 3. The molecule has 0 aliphatic rings. The predicted octanol–water partition coefficient (Wildman–Crippen LogP) is 2.32. The third kappa shape index (κ3) is 5.17. The summed E-state index contributed by atoms with van der Waals surface area (Å²) in [7, 11) is 0. The normalized spacial score (nSPS) is 10.0. The van der Waals surface area contributed by atoms with Gasteiger partial charge in [0.2, 0.25) is 0 Å². The Hall–Kier alpha value is -2.64. The molecule has 3 amide bonds. The zero-order chi connectivity index (χ0) is 18.4. The second-order valence-corrected chi connectivity index (χ2v) is 5.63. The average molecular weight is 384 g/mol. The fourth-order valence-electron chi connectivity index (χ4n) is 1.81. The Labute approximate surface area is 152 Å². The van der Waals surface area contributed by atoms with Gasteiger partial charge in [-0.2, -0.15) is 0 Å². The van der Waals surface area contributed by atoms with E-state index >= 15 is 0 Å². The number of benzene rings is 2. The molecule has 9 heteroatoms. The molecule has 2 rings (SSSR count). The summed E-state index contributed by atoms with van der Waals surface area (Å²) in [5.74, 6) is -2.85. The Bertz CT molecular complexity index is 830. The van der Waals surface area contributed by atoms with Gasteiger partial charge in [0.05, 0.1) is 22.7 Å². The summed E-state index contributed by atoms with van der Waals surface area (Å²) >= 11 is 11.6. The van der Waals surface area contributed by atoms with Crippen LogP contribution in [-0.4, -0.2) is 24.3 Å². The highest BCUT2D eigenvalue weighted by molar-refractivity contribution is 6.35. The average Bonchev–Trinajstić information content (AvgIpc) is 2.60. The SMILES string of the molecule is O=C(CNC(=O)c1ccccc1F)NNC(=O)c1cc(Cl)ccc1Cl. The molecule has 0 bridgehead atoms. The van der Waals surface area contributed by atoms with Crippen LogP contribution in [0.3, 0.4) is 0 Å². The molecule has 0 fully saturated rings. The number of hydrogen-bond donors (Lipinski definition) is 3. The molecule has 0 spiro atoms. The first-order valence-electron chi connectivity index (χ1n) is 6.95. The van der Waals surface area contributed by atoms with E-state index in [0.717, 1.165) is 6.07 Å². The van der Waals surface area contributed by atoms with Crippen LogP contribution in [0.5, 0.6) is 0 Å². The quantitative estimate of drug-likeness (QED) is 0.708. The highest BCUT2D eigenvalue weighted by Gasteiger charge is 2.14. The minimum atomic E-state index is -0.752. The summed E-state index contributed by atoms with van der Waals surface area (Å²) in [5, 5.41) is 2.69. The fourth-order valence-corrected chi connectivity index (χ4v) is 2.19. The minimum Gasteiger partial charge on any atom is -0.343 e. The zero-order valence-corrected chi connectivity index (χ0v) is 14.1. The molecule has 25 heavy (non-hydrogen) atoms. The maximum Gasteiger partial charge on any atom is 0.271 e. The lowest BCUT2D eigenvalue weighted by molar-refractivity contribution is -0.120. The monoisotopic (exact) mass is 383 g/mol. The Morgan fingerprint density at radius 1 is 0.920 bits per heavy atom. The summed E-state index contributed by atoms with van der Waals surface area (Å²) in [6.45, 7) is -0.462. The second-order valence-electron chi connectivity index (χ2n) is 4.79. The Balaban J connectivity index is 1.85. The van der Waals surface area contributed by atoms with Gasteiger partial charge in [-0.3, -0.25) is 25.2 Å². The van der Waals surface area contributed by atoms with Crippen LogP contribution >= 0.6 is 23.2 Å². The maximum atomic E-state index is 13.4. The highest BCUT2D eigenvalue weighted by atomic mass is 35.5. The van der Waals surface area contributed by atoms with Gasteiger partial charge in [-0.05, 0) is 30.3 Å². The standard InChI is InChI=1S/C16H12Cl2FN3O3/c17-9-5-6-12(18)11(7-9)16(25)22-21-14(23)8-20-15(24)10-3-1-2-4-13(10)19/h1-7H,8H2,(H,20,24)(H,21,23)(H,22,25). The molecule has 0 unspecified atom stereocenters. The lowest BCUT2D eigenvalue weighted by Gasteiger charge is -2.10. The Morgan fingerprint density at radius 2 is 1.64 bits per heavy atom. The molecule has 2 aromatic carbocycles. The van der Waals surface area contributed by atoms with E-state index in [2.05, 4.69) is 16.2 Å². The van der Waals surface area contributed by atoms with E-state index in [-0.39, 0.29) is 16.1 Å². The van der Waals surface area contributed by atoms with E-state index in [1.165, 1.54) is 36.4 Å². The van der Waals surface area contributed by atoms with Gasteiger partial charge in [0.15, 0.2) is 0 Å². The van der Waals surface area contributed by atoms with Crippen molar-refractivity contribution in [2.75, 3.05) is 6.54 Å². The van der Waals surface area contributed by atoms with Crippen molar-refractivity contribution in [2.24, 2.45) is 0 Å². The lowest BCUT2D eigenvalue weighted by Crippen LogP contribution is -2.46. The first kappa shape index (κ1) is 18.7. The van der Waals surface area contributed by atoms with Gasteiger partial charge in [-0.15, -0.1) is 0 Å². The number of amides is 3. The van der Waals surface area contributed by atoms with E-state index in [4.69, 9.17) is 23.2 Å². The lowest BCUT2D eigenvalue weighted by atomic mass is 10.2. The molecule has 0 heterocycles. The molecule has 0 atom stereocenters. The predicted molar refractivity (Wildman–Crippen MR) is 90.8 cm³/mol. The summed E-state index contributed by atoms with van der Waals surface area (Å²) in [5.41, 5.74) is 4.12. The Morgan fingerprint density at radius 3 is 2.36 bits per heavy atom. The van der Waals surface area contributed by atoms with Crippen LogP contribution in [0.2, 0.25) is 10.0 Å². The number of hydrogen-bond acceptors (Lipinski definition) is 3. The van der Waals surface area contributed by atoms with Gasteiger partial charge >= 0.3 is 0 Å². The van der Waals surface area contributed by atoms with Crippen LogP contribution < -0.4 is 16.2 Å². The molecular formula is C16H12Cl2FN3O3. The van der Waals surface area contributed by atoms with E-state index in [1.807, 2.05) is 0 Å². The second kappa shape index (κ2) is 8.46. The number of carbonyl (C=O) groups excluding carboxylic acids is 3. The molecular weight excluding hydrogens is 372 g/mol. The summed E-state index contributed by atoms with van der Waals surface area (Å²) in [6.07, 6.45) is 0. The number of rotatable bonds is 4. The summed E-state index contributed by atoms with van der Waals surface area (Å²) in [6, 6.07) is 9.63. The maximum absolute atomic E-state index is 13.4. The van der Waals surface area contributed by atoms with Crippen molar-refractivity contribution in [3.05, 3.63) is 69.5 Å². The van der Waals surface area contributed by atoms with E-state index < -0.39 is 30.1 Å². The fraction of sp³-hybridized carbons (Fsp3) is 0.0625. The zero-order valence-electron chi connectivity index (χ0n) is 12.6. The van der Waals surface area contributed by atoms with Crippen LogP contribution in [0, 0.1) is 5.82 Å². The van der Waals surface area contributed by atoms with Gasteiger partial charge in [0.1, 0.15) is 5.82 Å². The smallest absolute Gasteiger partial charge is 0.271 e. The number of halogens is 3. The van der Waals surface area contributed by atoms with Crippen LogP contribution in [0.15, 0.2) is 42.5 Å². The third-order valence-corrected chi connectivity index (χ3v) is 3.58. The topological polar surface area (TPSA) is 87.3 Å². The summed E-state index contributed by atoms with van der Waals surface area (Å²) in [4.78, 5) is 35.3. The first-order valence-corrected chi connectivity index (χ1v) is 7.71. The van der Waals surface area contributed by atoms with E-state index in [9.17, 15) is 18.8 Å². The van der Waals surface area contributed by atoms with Crippen LogP contribution in [0.1, 0.15) is 20.7 Å². The van der Waals surface area contributed by atoms with Crippen molar-refractivity contribution in [3.8, 4) is 0 Å². The molecule has 130 valence electrons. The van der Waals surface area contributed by atoms with Gasteiger partial charge in [-0.1, -0.05) is 35.3 Å². The van der Waals surface area contributed by atoms with Crippen molar-refractivity contribution >= 4 is 40.9 Å². The van der Waals surface area contributed by atoms with E-state index in [0.29, 0.717) is 5.02 Å². The highest BCUT2D eigenvalue weighted by Crippen LogP contribution is 2.20. The molecule has 0 radical (unpaired) electrons. The van der Waals surface area contributed by atoms with Crippen molar-refractivity contribution < 1.29 is 18.8 Å². The van der Waals surface area contributed by atoms with Gasteiger partial charge in [-0.25, -0.2) is 4.39 Å². The molecule has 2 aromatic rings. The molecule has 6 nitrogen and oxygen atoms in total. The third-order valence-electron chi connectivity index (χ3n) is 3.02. The van der Waals surface area contributed by atoms with Crippen LogP contribution in [-0.2, 0) is 4.79 Å². The number of hydrazine groups is 1. The van der Waals surface area contributed by atoms with Gasteiger partial charge in [0, 0.05) is 5.02 Å². The van der Waals surface area contributed by atoms with E-state index in [1.54, 1.807) is 0 Å². The summed E-state index contributed by atoms with van der Waals surface area (Å²) < 4.78 is 13.4. The number of carbonyl (C=O) groups is 3. The molecule has 3 N–H and O–H groups in total. The first-order chi connectivity index (χ1) is 11.9. The molecule has 0 aliphatic carbocycles. The minimum absolute atomic E-state index is 0.0739. The van der Waals surface area contributed by atoms with Crippen LogP contribution in [0.25, 0.3) is 0 Å². The van der Waals surface area contributed by atoms with Crippen LogP contribution in [0.4, 0.5) is 4.39 Å². The molecule has 0 saturated heterocycles. The Kier molecular flexibility index (Phi) is 6.32. The molecule has 0 aliphatic heterocycles. The van der Waals surface area contributed by atoms with Crippen molar-refractivity contribution in [1.29, 1.82) is 0 Å². The van der Waals surface area contributed by atoms with Crippen molar-refractivity contribution in [1.82, 2.24) is 16.2 Å². The molecule has 0 aromatic heterocycles. The largest absolute Gasteiger partial charge is 0.343 e. The van der Waals surface area contributed by atoms with Crippen molar-refractivity contribution in [2.45, 2.75) is 0 Å². The van der Waals surface area contributed by atoms with Gasteiger partial charge < -0.3 is 5.32 Å². The molecule has 0 saturated carbocycles.